The highest BCUT2D eigenvalue weighted by Crippen LogP contribution is 2.42. The van der Waals surface area contributed by atoms with Crippen molar-refractivity contribution in [3.8, 4) is 17.2 Å². The summed E-state index contributed by atoms with van der Waals surface area (Å²) in [5, 5.41) is 3.09. The van der Waals surface area contributed by atoms with Crippen LogP contribution in [0.15, 0.2) is 77.7 Å². The number of methoxy groups -OCH3 is 2. The minimum Gasteiger partial charge on any atom is -0.497 e. The summed E-state index contributed by atoms with van der Waals surface area (Å²) in [7, 11) is -1.16. The van der Waals surface area contributed by atoms with Gasteiger partial charge in [0, 0.05) is 12.0 Å². The highest BCUT2D eigenvalue weighted by Gasteiger charge is 2.39. The van der Waals surface area contributed by atoms with E-state index in [0.29, 0.717) is 17.9 Å². The van der Waals surface area contributed by atoms with Crippen molar-refractivity contribution in [3.05, 3.63) is 78.4 Å². The number of rotatable bonds is 10. The number of carbonyl (C=O) groups excluding carboxylic acids is 1. The number of hydrogen-bond acceptors (Lipinski definition) is 6. The van der Waals surface area contributed by atoms with Gasteiger partial charge in [-0.25, -0.2) is 8.42 Å². The van der Waals surface area contributed by atoms with Gasteiger partial charge in [0.1, 0.15) is 29.4 Å². The summed E-state index contributed by atoms with van der Waals surface area (Å²) < 4.78 is 45.8. The van der Waals surface area contributed by atoms with Crippen molar-refractivity contribution in [2.45, 2.75) is 49.6 Å². The van der Waals surface area contributed by atoms with E-state index >= 15 is 0 Å². The number of carbonyl (C=O) groups is 1. The standard InChI is InChI=1S/C29H34N2O6S/c1-5-29(6-2)19-24(23-11-7-9-13-26(23)37-29)30-28(32)20-31(25-12-8-10-14-27(25)36-4)38(33,34)22-17-15-21(35-3)16-18-22/h7-18,24H,5-6,19-20H2,1-4H3,(H,30,32). The monoisotopic (exact) mass is 538 g/mol. The Kier molecular flexibility index (Phi) is 8.16. The molecule has 4 rings (SSSR count). The molecule has 1 unspecified atom stereocenters. The lowest BCUT2D eigenvalue weighted by Crippen LogP contribution is -2.47. The van der Waals surface area contributed by atoms with Crippen LogP contribution in [-0.4, -0.2) is 40.7 Å². The number of fused-ring (bicyclic) bond motifs is 1. The summed E-state index contributed by atoms with van der Waals surface area (Å²) in [5.41, 5.74) is 0.731. The van der Waals surface area contributed by atoms with Gasteiger partial charge in [0.05, 0.1) is 30.8 Å². The number of anilines is 1. The molecule has 3 aromatic carbocycles. The van der Waals surface area contributed by atoms with Crippen molar-refractivity contribution in [1.82, 2.24) is 5.32 Å². The van der Waals surface area contributed by atoms with Crippen LogP contribution in [0.1, 0.15) is 44.7 Å². The molecule has 1 aliphatic rings. The number of hydrogen-bond donors (Lipinski definition) is 1. The first kappa shape index (κ1) is 27.3. The fourth-order valence-corrected chi connectivity index (χ4v) is 6.24. The molecule has 0 radical (unpaired) electrons. The Hall–Kier alpha value is -3.72. The number of sulfonamides is 1. The number of nitrogens with one attached hydrogen (secondary N) is 1. The Balaban J connectivity index is 1.68. The summed E-state index contributed by atoms with van der Waals surface area (Å²) in [6.07, 6.45) is 2.15. The molecule has 0 saturated carbocycles. The number of para-hydroxylation sites is 3. The second-order valence-corrected chi connectivity index (χ2v) is 11.1. The molecule has 0 fully saturated rings. The maximum Gasteiger partial charge on any atom is 0.264 e. The van der Waals surface area contributed by atoms with Crippen LogP contribution in [0.3, 0.4) is 0 Å². The quantitative estimate of drug-likeness (QED) is 0.386. The topological polar surface area (TPSA) is 94.2 Å². The zero-order valence-electron chi connectivity index (χ0n) is 22.1. The van der Waals surface area contributed by atoms with Crippen LogP contribution in [0.5, 0.6) is 17.2 Å². The van der Waals surface area contributed by atoms with E-state index in [1.165, 1.54) is 26.4 Å². The predicted molar refractivity (Wildman–Crippen MR) is 146 cm³/mol. The van der Waals surface area contributed by atoms with E-state index in [1.807, 2.05) is 24.3 Å². The van der Waals surface area contributed by atoms with Gasteiger partial charge in [-0.15, -0.1) is 0 Å². The Morgan fingerprint density at radius 3 is 2.29 bits per heavy atom. The molecule has 1 aliphatic heterocycles. The Bertz CT molecular complexity index is 1370. The molecule has 1 amide bonds. The van der Waals surface area contributed by atoms with E-state index in [2.05, 4.69) is 19.2 Å². The van der Waals surface area contributed by atoms with E-state index < -0.39 is 28.1 Å². The molecule has 0 aliphatic carbocycles. The van der Waals surface area contributed by atoms with Gasteiger partial charge >= 0.3 is 0 Å². The number of nitrogens with zero attached hydrogens (tertiary/aromatic N) is 1. The third-order valence-electron chi connectivity index (χ3n) is 7.11. The first-order chi connectivity index (χ1) is 18.3. The first-order valence-electron chi connectivity index (χ1n) is 12.6. The van der Waals surface area contributed by atoms with Crippen LogP contribution >= 0.6 is 0 Å². The lowest BCUT2D eigenvalue weighted by molar-refractivity contribution is -0.121. The molecule has 0 saturated heterocycles. The lowest BCUT2D eigenvalue weighted by Gasteiger charge is -2.41. The molecule has 0 spiro atoms. The van der Waals surface area contributed by atoms with Gasteiger partial charge in [-0.2, -0.15) is 0 Å². The fraction of sp³-hybridized carbons (Fsp3) is 0.345. The van der Waals surface area contributed by atoms with E-state index in [0.717, 1.165) is 28.5 Å². The van der Waals surface area contributed by atoms with Gasteiger partial charge in [-0.3, -0.25) is 9.10 Å². The summed E-state index contributed by atoms with van der Waals surface area (Å²) >= 11 is 0. The van der Waals surface area contributed by atoms with Crippen LogP contribution in [0.25, 0.3) is 0 Å². The third kappa shape index (κ3) is 5.43. The van der Waals surface area contributed by atoms with E-state index in [9.17, 15) is 13.2 Å². The van der Waals surface area contributed by atoms with Gasteiger partial charge in [0.2, 0.25) is 5.91 Å². The Labute approximate surface area is 224 Å². The third-order valence-corrected chi connectivity index (χ3v) is 8.88. The van der Waals surface area contributed by atoms with Crippen LogP contribution in [0.2, 0.25) is 0 Å². The molecule has 8 nitrogen and oxygen atoms in total. The van der Waals surface area contributed by atoms with Crippen molar-refractivity contribution in [2.75, 3.05) is 25.1 Å². The van der Waals surface area contributed by atoms with Gasteiger partial charge < -0.3 is 19.5 Å². The van der Waals surface area contributed by atoms with Crippen LogP contribution < -0.4 is 23.8 Å². The zero-order valence-corrected chi connectivity index (χ0v) is 23.0. The second kappa shape index (κ2) is 11.3. The normalized spacial score (nSPS) is 16.1. The van der Waals surface area contributed by atoms with Crippen molar-refractivity contribution in [1.29, 1.82) is 0 Å². The Morgan fingerprint density at radius 2 is 1.63 bits per heavy atom. The predicted octanol–water partition coefficient (Wildman–Crippen LogP) is 5.10. The van der Waals surface area contributed by atoms with Crippen molar-refractivity contribution < 1.29 is 27.4 Å². The van der Waals surface area contributed by atoms with Gasteiger partial charge in [0.25, 0.3) is 10.0 Å². The molecule has 3 aromatic rings. The zero-order chi connectivity index (χ0) is 27.3. The first-order valence-corrected chi connectivity index (χ1v) is 14.1. The highest BCUT2D eigenvalue weighted by atomic mass is 32.2. The molecular formula is C29H34N2O6S. The van der Waals surface area contributed by atoms with E-state index in [1.54, 1.807) is 36.4 Å². The summed E-state index contributed by atoms with van der Waals surface area (Å²) in [5.74, 6) is 1.17. The summed E-state index contributed by atoms with van der Waals surface area (Å²) in [6.45, 7) is 3.71. The van der Waals surface area contributed by atoms with Crippen LogP contribution in [0.4, 0.5) is 5.69 Å². The number of amides is 1. The average molecular weight is 539 g/mol. The molecule has 1 atom stereocenters. The highest BCUT2D eigenvalue weighted by molar-refractivity contribution is 7.92. The average Bonchev–Trinajstić information content (AvgIpc) is 2.95. The maximum atomic E-state index is 13.9. The molecule has 0 aromatic heterocycles. The molecule has 38 heavy (non-hydrogen) atoms. The molecular weight excluding hydrogens is 504 g/mol. The van der Waals surface area contributed by atoms with Crippen molar-refractivity contribution >= 4 is 21.6 Å². The van der Waals surface area contributed by atoms with Crippen LogP contribution in [-0.2, 0) is 14.8 Å². The lowest BCUT2D eigenvalue weighted by atomic mass is 9.83. The number of ether oxygens (including phenoxy) is 3. The number of benzene rings is 3. The maximum absolute atomic E-state index is 13.9. The summed E-state index contributed by atoms with van der Waals surface area (Å²) in [4.78, 5) is 13.6. The van der Waals surface area contributed by atoms with Crippen molar-refractivity contribution in [2.24, 2.45) is 0 Å². The van der Waals surface area contributed by atoms with Crippen LogP contribution in [0, 0.1) is 0 Å². The smallest absolute Gasteiger partial charge is 0.264 e. The van der Waals surface area contributed by atoms with E-state index in [4.69, 9.17) is 14.2 Å². The summed E-state index contributed by atoms with van der Waals surface area (Å²) in [6, 6.07) is 20.1. The second-order valence-electron chi connectivity index (χ2n) is 9.21. The molecule has 1 heterocycles. The van der Waals surface area contributed by atoms with Gasteiger partial charge in [0.15, 0.2) is 0 Å². The minimum atomic E-state index is -4.13. The molecule has 0 bridgehead atoms. The minimum absolute atomic E-state index is 0.0319. The Morgan fingerprint density at radius 1 is 0.974 bits per heavy atom. The SMILES string of the molecule is CCC1(CC)CC(NC(=O)CN(c2ccccc2OC)S(=O)(=O)c2ccc(OC)cc2)c2ccccc2O1. The molecule has 202 valence electrons. The molecule has 9 heteroatoms. The van der Waals surface area contributed by atoms with E-state index in [-0.39, 0.29) is 16.6 Å². The molecule has 1 N–H and O–H groups in total. The van der Waals surface area contributed by atoms with Gasteiger partial charge in [-0.1, -0.05) is 44.2 Å². The largest absolute Gasteiger partial charge is 0.497 e. The van der Waals surface area contributed by atoms with Gasteiger partial charge in [-0.05, 0) is 55.3 Å². The fourth-order valence-electron chi connectivity index (χ4n) is 4.81. The van der Waals surface area contributed by atoms with Crippen molar-refractivity contribution in [3.63, 3.8) is 0 Å².